The molecule has 2 aromatic rings. The summed E-state index contributed by atoms with van der Waals surface area (Å²) in [6.07, 6.45) is 10.6. The van der Waals surface area contributed by atoms with Gasteiger partial charge in [-0.2, -0.15) is 0 Å². The van der Waals surface area contributed by atoms with Gasteiger partial charge in [0.05, 0.1) is 5.41 Å². The Labute approximate surface area is 155 Å². The Kier molecular flexibility index (Phi) is 5.96. The quantitative estimate of drug-likeness (QED) is 0.648. The van der Waals surface area contributed by atoms with Crippen molar-refractivity contribution in [3.8, 4) is 0 Å². The summed E-state index contributed by atoms with van der Waals surface area (Å²) < 4.78 is 0. The standard InChI is InChI=1S/C24H24O2/c25-22-16-7-17-23(26)24(22,18-8-14-20-10-3-1-4-11-20)19-9-15-21-12-5-2-6-13-21/h1-6,8-15H,7,16-19H2/b14-8+,15-9+. The van der Waals surface area contributed by atoms with Crippen LogP contribution in [0.1, 0.15) is 43.2 Å². The zero-order valence-corrected chi connectivity index (χ0v) is 14.9. The maximum Gasteiger partial charge on any atom is 0.147 e. The molecule has 0 bridgehead atoms. The molecule has 2 nitrogen and oxygen atoms in total. The Balaban J connectivity index is 1.78. The highest BCUT2D eigenvalue weighted by molar-refractivity contribution is 6.09. The third-order valence-corrected chi connectivity index (χ3v) is 5.03. The lowest BCUT2D eigenvalue weighted by molar-refractivity contribution is -0.143. The van der Waals surface area contributed by atoms with Crippen LogP contribution in [-0.4, -0.2) is 11.6 Å². The molecule has 0 aliphatic heterocycles. The van der Waals surface area contributed by atoms with Gasteiger partial charge in [0.2, 0.25) is 0 Å². The predicted molar refractivity (Wildman–Crippen MR) is 106 cm³/mol. The first-order chi connectivity index (χ1) is 12.7. The summed E-state index contributed by atoms with van der Waals surface area (Å²) in [5.41, 5.74) is 1.27. The van der Waals surface area contributed by atoms with Crippen LogP contribution in [0.25, 0.3) is 12.2 Å². The van der Waals surface area contributed by atoms with Gasteiger partial charge in [-0.25, -0.2) is 0 Å². The highest BCUT2D eigenvalue weighted by Crippen LogP contribution is 2.38. The first-order valence-corrected chi connectivity index (χ1v) is 9.20. The summed E-state index contributed by atoms with van der Waals surface area (Å²) >= 11 is 0. The second kappa shape index (κ2) is 8.57. The third-order valence-electron chi connectivity index (χ3n) is 5.03. The SMILES string of the molecule is O=C1CCCC(=O)C1(C/C=C/c1ccccc1)C/C=C/c1ccccc1. The molecule has 2 aromatic carbocycles. The molecule has 26 heavy (non-hydrogen) atoms. The maximum absolute atomic E-state index is 12.7. The van der Waals surface area contributed by atoms with Crippen molar-refractivity contribution in [1.82, 2.24) is 0 Å². The van der Waals surface area contributed by atoms with Crippen LogP contribution in [-0.2, 0) is 9.59 Å². The monoisotopic (exact) mass is 344 g/mol. The fourth-order valence-electron chi connectivity index (χ4n) is 3.50. The Morgan fingerprint density at radius 1 is 0.692 bits per heavy atom. The maximum atomic E-state index is 12.7. The van der Waals surface area contributed by atoms with E-state index in [1.807, 2.05) is 85.0 Å². The van der Waals surface area contributed by atoms with E-state index in [2.05, 4.69) is 0 Å². The van der Waals surface area contributed by atoms with Gasteiger partial charge in [-0.1, -0.05) is 85.0 Å². The minimum absolute atomic E-state index is 0.0872. The van der Waals surface area contributed by atoms with Crippen LogP contribution in [0.5, 0.6) is 0 Å². The average Bonchev–Trinajstić information content (AvgIpc) is 2.67. The lowest BCUT2D eigenvalue weighted by atomic mass is 9.67. The fourth-order valence-corrected chi connectivity index (χ4v) is 3.50. The van der Waals surface area contributed by atoms with Crippen LogP contribution in [0.4, 0.5) is 0 Å². The molecule has 0 atom stereocenters. The lowest BCUT2D eigenvalue weighted by Crippen LogP contribution is -2.41. The summed E-state index contributed by atoms with van der Waals surface area (Å²) in [5.74, 6) is 0.174. The topological polar surface area (TPSA) is 34.1 Å². The molecule has 1 saturated carbocycles. The van der Waals surface area contributed by atoms with E-state index in [1.165, 1.54) is 0 Å². The van der Waals surface area contributed by atoms with E-state index < -0.39 is 5.41 Å². The summed E-state index contributed by atoms with van der Waals surface area (Å²) in [5, 5.41) is 0. The summed E-state index contributed by atoms with van der Waals surface area (Å²) in [6, 6.07) is 19.9. The van der Waals surface area contributed by atoms with Crippen LogP contribution in [0, 0.1) is 5.41 Å². The van der Waals surface area contributed by atoms with Gasteiger partial charge in [-0.15, -0.1) is 0 Å². The van der Waals surface area contributed by atoms with Crippen molar-refractivity contribution in [2.45, 2.75) is 32.1 Å². The highest BCUT2D eigenvalue weighted by atomic mass is 16.2. The van der Waals surface area contributed by atoms with E-state index in [4.69, 9.17) is 0 Å². The van der Waals surface area contributed by atoms with Crippen LogP contribution < -0.4 is 0 Å². The van der Waals surface area contributed by atoms with E-state index in [0.29, 0.717) is 32.1 Å². The number of rotatable bonds is 6. The van der Waals surface area contributed by atoms with E-state index in [9.17, 15) is 9.59 Å². The minimum atomic E-state index is -0.894. The van der Waals surface area contributed by atoms with Crippen LogP contribution in [0.15, 0.2) is 72.8 Å². The van der Waals surface area contributed by atoms with E-state index in [0.717, 1.165) is 11.1 Å². The average molecular weight is 344 g/mol. The summed E-state index contributed by atoms with van der Waals surface area (Å²) in [6.45, 7) is 0. The number of hydrogen-bond donors (Lipinski definition) is 0. The second-order valence-electron chi connectivity index (χ2n) is 6.82. The molecule has 0 amide bonds. The van der Waals surface area contributed by atoms with Crippen molar-refractivity contribution in [1.29, 1.82) is 0 Å². The number of ketones is 2. The Bertz CT molecular complexity index is 731. The van der Waals surface area contributed by atoms with E-state index in [1.54, 1.807) is 0 Å². The Morgan fingerprint density at radius 3 is 1.54 bits per heavy atom. The molecule has 0 radical (unpaired) electrons. The van der Waals surface area contributed by atoms with E-state index >= 15 is 0 Å². The number of hydrogen-bond acceptors (Lipinski definition) is 2. The van der Waals surface area contributed by atoms with Crippen molar-refractivity contribution >= 4 is 23.7 Å². The van der Waals surface area contributed by atoms with Crippen molar-refractivity contribution in [2.24, 2.45) is 5.41 Å². The van der Waals surface area contributed by atoms with Gasteiger partial charge in [0, 0.05) is 12.8 Å². The second-order valence-corrected chi connectivity index (χ2v) is 6.82. The van der Waals surface area contributed by atoms with Crippen molar-refractivity contribution in [2.75, 3.05) is 0 Å². The smallest absolute Gasteiger partial charge is 0.147 e. The Morgan fingerprint density at radius 2 is 1.12 bits per heavy atom. The third kappa shape index (κ3) is 4.26. The van der Waals surface area contributed by atoms with Crippen LogP contribution in [0.2, 0.25) is 0 Å². The van der Waals surface area contributed by atoms with Gasteiger partial charge in [0.15, 0.2) is 0 Å². The van der Waals surface area contributed by atoms with Crippen molar-refractivity contribution in [3.63, 3.8) is 0 Å². The summed E-state index contributed by atoms with van der Waals surface area (Å²) in [4.78, 5) is 25.4. The number of allylic oxidation sites excluding steroid dienone is 2. The van der Waals surface area contributed by atoms with Crippen molar-refractivity contribution < 1.29 is 9.59 Å². The zero-order valence-electron chi connectivity index (χ0n) is 14.9. The molecule has 0 N–H and O–H groups in total. The van der Waals surface area contributed by atoms with Gasteiger partial charge in [-0.05, 0) is 30.4 Å². The molecule has 0 aromatic heterocycles. The fraction of sp³-hybridized carbons (Fsp3) is 0.250. The van der Waals surface area contributed by atoms with Gasteiger partial charge in [-0.3, -0.25) is 9.59 Å². The Hall–Kier alpha value is -2.74. The number of benzene rings is 2. The molecule has 3 rings (SSSR count). The van der Waals surface area contributed by atoms with Crippen LogP contribution >= 0.6 is 0 Å². The van der Waals surface area contributed by atoms with Gasteiger partial charge in [0.25, 0.3) is 0 Å². The number of carbonyl (C=O) groups is 2. The van der Waals surface area contributed by atoms with Gasteiger partial charge in [0.1, 0.15) is 11.6 Å². The predicted octanol–water partition coefficient (Wildman–Crippen LogP) is 5.50. The van der Waals surface area contributed by atoms with Gasteiger partial charge >= 0.3 is 0 Å². The molecule has 2 heteroatoms. The summed E-state index contributed by atoms with van der Waals surface area (Å²) in [7, 11) is 0. The molecule has 1 aliphatic rings. The molecular formula is C24H24O2. The largest absolute Gasteiger partial charge is 0.299 e. The van der Waals surface area contributed by atoms with E-state index in [-0.39, 0.29) is 11.6 Å². The molecule has 0 spiro atoms. The zero-order chi connectivity index (χ0) is 18.2. The van der Waals surface area contributed by atoms with Crippen molar-refractivity contribution in [3.05, 3.63) is 83.9 Å². The normalized spacial score (nSPS) is 17.2. The first kappa shape index (κ1) is 18.1. The number of carbonyl (C=O) groups excluding carboxylic acids is 2. The molecule has 0 unspecified atom stereocenters. The molecule has 0 saturated heterocycles. The molecule has 132 valence electrons. The van der Waals surface area contributed by atoms with Gasteiger partial charge < -0.3 is 0 Å². The molecular weight excluding hydrogens is 320 g/mol. The molecule has 1 fully saturated rings. The number of Topliss-reactive ketones (excluding diaryl/α,β-unsaturated/α-hetero) is 2. The first-order valence-electron chi connectivity index (χ1n) is 9.20. The molecule has 1 aliphatic carbocycles. The van der Waals surface area contributed by atoms with Crippen LogP contribution in [0.3, 0.4) is 0 Å². The lowest BCUT2D eigenvalue weighted by Gasteiger charge is -2.32. The highest BCUT2D eigenvalue weighted by Gasteiger charge is 2.44. The minimum Gasteiger partial charge on any atom is -0.299 e. The molecule has 0 heterocycles.